The number of aromatic nitrogens is 2. The van der Waals surface area contributed by atoms with Crippen LogP contribution in [0.1, 0.15) is 11.1 Å². The lowest BCUT2D eigenvalue weighted by atomic mass is 9.99. The first-order valence-corrected chi connectivity index (χ1v) is 14.3. The highest BCUT2D eigenvalue weighted by Crippen LogP contribution is 2.34. The minimum absolute atomic E-state index is 0.635. The summed E-state index contributed by atoms with van der Waals surface area (Å²) in [5.74, 6) is 0.635. The fraction of sp³-hybridized carbons (Fsp3) is 0.0513. The minimum atomic E-state index is 0.635. The fourth-order valence-electron chi connectivity index (χ4n) is 6.16. The Balaban J connectivity index is 1.09. The van der Waals surface area contributed by atoms with Gasteiger partial charge >= 0.3 is 0 Å². The van der Waals surface area contributed by atoms with Crippen LogP contribution in [0.2, 0.25) is 0 Å². The summed E-state index contributed by atoms with van der Waals surface area (Å²) in [7, 11) is 0. The first-order valence-electron chi connectivity index (χ1n) is 14.3. The zero-order valence-electron chi connectivity index (χ0n) is 23.5. The Labute approximate surface area is 244 Å². The fourth-order valence-corrected chi connectivity index (χ4v) is 6.16. The Kier molecular flexibility index (Phi) is 5.58. The second kappa shape index (κ2) is 9.60. The monoisotopic (exact) mass is 540 g/mol. The molecule has 0 radical (unpaired) electrons. The van der Waals surface area contributed by atoms with Crippen molar-refractivity contribution in [2.75, 3.05) is 0 Å². The Morgan fingerprint density at radius 3 is 1.81 bits per heavy atom. The van der Waals surface area contributed by atoms with Gasteiger partial charge in [0.2, 0.25) is 5.89 Å². The van der Waals surface area contributed by atoms with Gasteiger partial charge in [-0.2, -0.15) is 0 Å². The molecule has 3 heteroatoms. The van der Waals surface area contributed by atoms with Gasteiger partial charge in [0.05, 0.1) is 11.0 Å². The number of rotatable bonds is 4. The average molecular weight is 541 g/mol. The van der Waals surface area contributed by atoms with E-state index in [0.29, 0.717) is 5.89 Å². The number of aryl methyl sites for hydroxylation is 2. The van der Waals surface area contributed by atoms with Crippen molar-refractivity contribution in [3.63, 3.8) is 0 Å². The lowest BCUT2D eigenvalue weighted by Gasteiger charge is -2.09. The lowest BCUT2D eigenvalue weighted by Crippen LogP contribution is -1.93. The third kappa shape index (κ3) is 4.02. The van der Waals surface area contributed by atoms with E-state index in [-0.39, 0.29) is 0 Å². The van der Waals surface area contributed by atoms with Gasteiger partial charge in [-0.3, -0.25) is 0 Å². The molecule has 0 saturated heterocycles. The van der Waals surface area contributed by atoms with Crippen LogP contribution in [0.15, 0.2) is 138 Å². The Morgan fingerprint density at radius 1 is 0.548 bits per heavy atom. The van der Waals surface area contributed by atoms with Gasteiger partial charge in [0.1, 0.15) is 5.52 Å². The van der Waals surface area contributed by atoms with Crippen molar-refractivity contribution in [3.05, 3.63) is 145 Å². The summed E-state index contributed by atoms with van der Waals surface area (Å²) in [5.41, 5.74) is 13.4. The zero-order valence-corrected chi connectivity index (χ0v) is 23.5. The van der Waals surface area contributed by atoms with Crippen LogP contribution in [0.25, 0.3) is 72.3 Å². The molecule has 0 aliphatic carbocycles. The highest BCUT2D eigenvalue weighted by Gasteiger charge is 2.13. The van der Waals surface area contributed by atoms with Crippen molar-refractivity contribution in [2.24, 2.45) is 0 Å². The van der Waals surface area contributed by atoms with E-state index < -0.39 is 0 Å². The van der Waals surface area contributed by atoms with E-state index in [0.717, 1.165) is 33.5 Å². The molecule has 2 aromatic heterocycles. The van der Waals surface area contributed by atoms with E-state index in [1.807, 2.05) is 6.07 Å². The van der Waals surface area contributed by atoms with Gasteiger partial charge in [-0.15, -0.1) is 0 Å². The minimum Gasteiger partial charge on any atom is -0.436 e. The SMILES string of the molecule is Cc1ccc(-c2ccc3nc(-c4ccc(-c5ccc(-n6c7ccccc7c7ccccc76)cc5)cc4)oc3c2)c(C)c1. The molecule has 0 N–H and O–H groups in total. The molecule has 0 atom stereocenters. The number of hydrogen-bond donors (Lipinski definition) is 0. The Morgan fingerprint density at radius 2 is 1.14 bits per heavy atom. The molecule has 2 heterocycles. The molecule has 0 aliphatic heterocycles. The normalized spacial score (nSPS) is 11.6. The van der Waals surface area contributed by atoms with Gasteiger partial charge in [-0.05, 0) is 90.2 Å². The second-order valence-electron chi connectivity index (χ2n) is 11.0. The van der Waals surface area contributed by atoms with E-state index in [2.05, 4.69) is 146 Å². The van der Waals surface area contributed by atoms with Crippen LogP contribution in [-0.4, -0.2) is 9.55 Å². The van der Waals surface area contributed by atoms with Gasteiger partial charge in [0.15, 0.2) is 5.58 Å². The number of hydrogen-bond acceptors (Lipinski definition) is 2. The maximum atomic E-state index is 6.24. The van der Waals surface area contributed by atoms with Gasteiger partial charge in [0, 0.05) is 22.0 Å². The molecule has 0 aliphatic rings. The maximum absolute atomic E-state index is 6.24. The summed E-state index contributed by atoms with van der Waals surface area (Å²) in [6, 6.07) is 47.3. The molecular formula is C39H28N2O. The van der Waals surface area contributed by atoms with Crippen LogP contribution in [0.4, 0.5) is 0 Å². The van der Waals surface area contributed by atoms with Gasteiger partial charge < -0.3 is 8.98 Å². The van der Waals surface area contributed by atoms with Crippen LogP contribution in [0.5, 0.6) is 0 Å². The standard InChI is InChI=1S/C39H28N2O/c1-25-11-21-32(26(2)23-25)30-18-22-35-38(24-30)42-39(40-35)29-14-12-27(13-15-29)28-16-19-31(20-17-28)41-36-9-5-3-7-33(36)34-8-4-6-10-37(34)41/h3-24H,1-2H3. The maximum Gasteiger partial charge on any atom is 0.227 e. The van der Waals surface area contributed by atoms with Crippen molar-refractivity contribution < 1.29 is 4.42 Å². The van der Waals surface area contributed by atoms with Gasteiger partial charge in [-0.25, -0.2) is 4.98 Å². The summed E-state index contributed by atoms with van der Waals surface area (Å²) in [4.78, 5) is 4.78. The number of fused-ring (bicyclic) bond motifs is 4. The number of nitrogens with zero attached hydrogens (tertiary/aromatic N) is 2. The summed E-state index contributed by atoms with van der Waals surface area (Å²) < 4.78 is 8.58. The van der Waals surface area contributed by atoms with Crippen molar-refractivity contribution in [1.82, 2.24) is 9.55 Å². The zero-order chi connectivity index (χ0) is 28.2. The van der Waals surface area contributed by atoms with Crippen LogP contribution in [0.3, 0.4) is 0 Å². The van der Waals surface area contributed by atoms with Crippen LogP contribution < -0.4 is 0 Å². The van der Waals surface area contributed by atoms with Crippen LogP contribution in [0, 0.1) is 13.8 Å². The molecule has 3 nitrogen and oxygen atoms in total. The van der Waals surface area contributed by atoms with E-state index >= 15 is 0 Å². The molecule has 0 spiro atoms. The average Bonchev–Trinajstić information content (AvgIpc) is 3.60. The highest BCUT2D eigenvalue weighted by molar-refractivity contribution is 6.09. The molecule has 42 heavy (non-hydrogen) atoms. The third-order valence-corrected chi connectivity index (χ3v) is 8.25. The highest BCUT2D eigenvalue weighted by atomic mass is 16.3. The molecule has 0 unspecified atom stereocenters. The van der Waals surface area contributed by atoms with E-state index in [1.54, 1.807) is 0 Å². The summed E-state index contributed by atoms with van der Waals surface area (Å²) >= 11 is 0. The number of para-hydroxylation sites is 2. The van der Waals surface area contributed by atoms with Crippen LogP contribution in [-0.2, 0) is 0 Å². The number of oxazole rings is 1. The van der Waals surface area contributed by atoms with Crippen molar-refractivity contribution in [1.29, 1.82) is 0 Å². The van der Waals surface area contributed by atoms with E-state index in [4.69, 9.17) is 9.40 Å². The van der Waals surface area contributed by atoms with Gasteiger partial charge in [0.25, 0.3) is 0 Å². The molecule has 200 valence electrons. The Bertz CT molecular complexity index is 2200. The van der Waals surface area contributed by atoms with Gasteiger partial charge in [-0.1, -0.05) is 90.5 Å². The molecule has 6 aromatic carbocycles. The summed E-state index contributed by atoms with van der Waals surface area (Å²) in [6.07, 6.45) is 0. The smallest absolute Gasteiger partial charge is 0.227 e. The van der Waals surface area contributed by atoms with E-state index in [9.17, 15) is 0 Å². The second-order valence-corrected chi connectivity index (χ2v) is 11.0. The topological polar surface area (TPSA) is 31.0 Å². The van der Waals surface area contributed by atoms with Crippen molar-refractivity contribution in [2.45, 2.75) is 13.8 Å². The first kappa shape index (κ1) is 24.4. The molecule has 0 bridgehead atoms. The first-order chi connectivity index (χ1) is 20.6. The predicted molar refractivity (Wildman–Crippen MR) is 174 cm³/mol. The molecule has 0 fully saturated rings. The Hall–Kier alpha value is -5.41. The molecule has 0 saturated carbocycles. The van der Waals surface area contributed by atoms with Crippen LogP contribution >= 0.6 is 0 Å². The molecule has 8 aromatic rings. The van der Waals surface area contributed by atoms with E-state index in [1.165, 1.54) is 44.1 Å². The predicted octanol–water partition coefficient (Wildman–Crippen LogP) is 10.5. The molecular weight excluding hydrogens is 512 g/mol. The summed E-state index contributed by atoms with van der Waals surface area (Å²) in [6.45, 7) is 4.27. The largest absolute Gasteiger partial charge is 0.436 e. The summed E-state index contributed by atoms with van der Waals surface area (Å²) in [5, 5.41) is 2.54. The molecule has 8 rings (SSSR count). The third-order valence-electron chi connectivity index (χ3n) is 8.25. The molecule has 0 amide bonds. The van der Waals surface area contributed by atoms with Crippen molar-refractivity contribution >= 4 is 32.9 Å². The lowest BCUT2D eigenvalue weighted by molar-refractivity contribution is 0.620. The number of benzene rings is 6. The quantitative estimate of drug-likeness (QED) is 0.222. The van der Waals surface area contributed by atoms with Crippen molar-refractivity contribution in [3.8, 4) is 39.4 Å².